The zero-order valence-corrected chi connectivity index (χ0v) is 19.6. The Bertz CT molecular complexity index is 1410. The lowest BCUT2D eigenvalue weighted by Crippen LogP contribution is -2.52. The Kier molecular flexibility index (Phi) is 5.16. The van der Waals surface area contributed by atoms with Crippen LogP contribution in [0, 0.1) is 5.92 Å². The normalized spacial score (nSPS) is 21.8. The number of hydrogen-bond donors (Lipinski definition) is 2. The molecule has 0 bridgehead atoms. The molecule has 5 heterocycles. The van der Waals surface area contributed by atoms with Gasteiger partial charge in [0.05, 0.1) is 18.1 Å². The van der Waals surface area contributed by atoms with Crippen molar-refractivity contribution in [2.45, 2.75) is 45.3 Å². The Morgan fingerprint density at radius 1 is 1.14 bits per heavy atom. The highest BCUT2D eigenvalue weighted by Gasteiger charge is 2.39. The quantitative estimate of drug-likeness (QED) is 0.513. The monoisotopic (exact) mass is 488 g/mol. The molecule has 2 atom stereocenters. The molecule has 12 heteroatoms. The summed E-state index contributed by atoms with van der Waals surface area (Å²) in [7, 11) is 0. The van der Waals surface area contributed by atoms with Gasteiger partial charge in [0.1, 0.15) is 6.04 Å². The molecule has 0 spiro atoms. The molecule has 3 aliphatic heterocycles. The number of hydrogen-bond acceptors (Lipinski definition) is 7. The van der Waals surface area contributed by atoms with Gasteiger partial charge in [0.2, 0.25) is 11.8 Å². The van der Waals surface area contributed by atoms with Crippen LogP contribution < -0.4 is 5.32 Å². The van der Waals surface area contributed by atoms with Crippen molar-refractivity contribution in [1.29, 1.82) is 0 Å². The highest BCUT2D eigenvalue weighted by atomic mass is 16.2. The largest absolute Gasteiger partial charge is 0.332 e. The number of aromatic nitrogens is 5. The molecule has 0 aliphatic carbocycles. The van der Waals surface area contributed by atoms with E-state index in [1.54, 1.807) is 29.4 Å². The summed E-state index contributed by atoms with van der Waals surface area (Å²) in [5.74, 6) is -0.944. The lowest BCUT2D eigenvalue weighted by atomic mass is 10.0. The number of rotatable bonds is 3. The van der Waals surface area contributed by atoms with Crippen LogP contribution in [0.4, 0.5) is 0 Å². The van der Waals surface area contributed by atoms with E-state index in [1.165, 1.54) is 9.58 Å². The number of fused-ring (bicyclic) bond motifs is 2. The van der Waals surface area contributed by atoms with Gasteiger partial charge in [-0.1, -0.05) is 12.1 Å². The minimum absolute atomic E-state index is 0.204. The molecule has 6 rings (SSSR count). The van der Waals surface area contributed by atoms with Crippen LogP contribution in [-0.2, 0) is 29.1 Å². The van der Waals surface area contributed by atoms with E-state index in [9.17, 15) is 19.2 Å². The molecule has 36 heavy (non-hydrogen) atoms. The van der Waals surface area contributed by atoms with Crippen LogP contribution >= 0.6 is 0 Å². The van der Waals surface area contributed by atoms with Gasteiger partial charge in [-0.15, -0.1) is 5.10 Å². The summed E-state index contributed by atoms with van der Waals surface area (Å²) in [6, 6.07) is 4.57. The van der Waals surface area contributed by atoms with Crippen molar-refractivity contribution in [2.75, 3.05) is 6.54 Å². The summed E-state index contributed by atoms with van der Waals surface area (Å²) in [5, 5.41) is 17.7. The standard InChI is InChI=1S/C24H24N8O4/c1-13-6-18-15(8-25-27-18)10-30(9-13)24(36)19-12-32(29-28-19)16-2-3-17-14(7-16)11-31(23(17)35)20-4-5-21(33)26-22(20)34/h2-3,7-8,12-13,20H,4-6,9-11H2,1H3,(H,25,27)(H,26,33,34). The third-order valence-corrected chi connectivity index (χ3v) is 7.02. The van der Waals surface area contributed by atoms with Gasteiger partial charge >= 0.3 is 0 Å². The fraction of sp³-hybridized carbons (Fsp3) is 0.375. The van der Waals surface area contributed by atoms with E-state index in [0.717, 1.165) is 23.2 Å². The number of nitrogens with zero attached hydrogens (tertiary/aromatic N) is 6. The third-order valence-electron chi connectivity index (χ3n) is 7.02. The smallest absolute Gasteiger partial charge is 0.276 e. The lowest BCUT2D eigenvalue weighted by Gasteiger charge is -2.29. The van der Waals surface area contributed by atoms with Crippen molar-refractivity contribution in [2.24, 2.45) is 5.92 Å². The molecule has 1 fully saturated rings. The fourth-order valence-corrected chi connectivity index (χ4v) is 5.22. The number of nitrogens with one attached hydrogen (secondary N) is 2. The molecule has 0 radical (unpaired) electrons. The third kappa shape index (κ3) is 3.74. The molecule has 12 nitrogen and oxygen atoms in total. The average molecular weight is 489 g/mol. The maximum absolute atomic E-state index is 13.2. The number of carbonyl (C=O) groups excluding carboxylic acids is 4. The topological polar surface area (TPSA) is 146 Å². The Labute approximate surface area is 205 Å². The lowest BCUT2D eigenvalue weighted by molar-refractivity contribution is -0.136. The first kappa shape index (κ1) is 22.1. The average Bonchev–Trinajstić information content (AvgIpc) is 3.56. The van der Waals surface area contributed by atoms with Gasteiger partial charge in [-0.25, -0.2) is 4.68 Å². The van der Waals surface area contributed by atoms with Gasteiger partial charge < -0.3 is 9.80 Å². The number of imide groups is 1. The van der Waals surface area contributed by atoms with E-state index in [1.807, 2.05) is 6.07 Å². The molecule has 2 unspecified atom stereocenters. The van der Waals surface area contributed by atoms with Crippen molar-refractivity contribution >= 4 is 23.6 Å². The Balaban J connectivity index is 1.21. The van der Waals surface area contributed by atoms with E-state index in [0.29, 0.717) is 30.8 Å². The van der Waals surface area contributed by atoms with Gasteiger partial charge in [0.15, 0.2) is 5.69 Å². The molecule has 1 saturated heterocycles. The van der Waals surface area contributed by atoms with Crippen molar-refractivity contribution in [3.63, 3.8) is 0 Å². The van der Waals surface area contributed by atoms with Gasteiger partial charge in [0, 0.05) is 42.9 Å². The van der Waals surface area contributed by atoms with Crippen LogP contribution in [0.3, 0.4) is 0 Å². The van der Waals surface area contributed by atoms with Crippen molar-refractivity contribution in [3.8, 4) is 5.69 Å². The zero-order valence-electron chi connectivity index (χ0n) is 19.6. The van der Waals surface area contributed by atoms with Crippen LogP contribution in [0.25, 0.3) is 5.69 Å². The molecular weight excluding hydrogens is 464 g/mol. The molecule has 4 amide bonds. The second kappa shape index (κ2) is 8.40. The highest BCUT2D eigenvalue weighted by Crippen LogP contribution is 2.29. The molecule has 2 aromatic heterocycles. The van der Waals surface area contributed by atoms with Crippen LogP contribution in [0.15, 0.2) is 30.6 Å². The fourth-order valence-electron chi connectivity index (χ4n) is 5.22. The van der Waals surface area contributed by atoms with E-state index < -0.39 is 11.9 Å². The Hall–Kier alpha value is -4.35. The molecule has 3 aromatic rings. The molecule has 2 N–H and O–H groups in total. The van der Waals surface area contributed by atoms with Gasteiger partial charge in [-0.05, 0) is 42.5 Å². The van der Waals surface area contributed by atoms with Crippen molar-refractivity contribution < 1.29 is 19.2 Å². The van der Waals surface area contributed by atoms with E-state index in [-0.39, 0.29) is 42.3 Å². The number of piperidine rings is 1. The van der Waals surface area contributed by atoms with E-state index in [2.05, 4.69) is 32.7 Å². The van der Waals surface area contributed by atoms with Gasteiger partial charge in [-0.3, -0.25) is 29.6 Å². The summed E-state index contributed by atoms with van der Waals surface area (Å²) in [6.45, 7) is 3.41. The number of aromatic amines is 1. The molecule has 184 valence electrons. The number of carbonyl (C=O) groups is 4. The van der Waals surface area contributed by atoms with Gasteiger partial charge in [0.25, 0.3) is 11.8 Å². The predicted octanol–water partition coefficient (Wildman–Crippen LogP) is 0.586. The number of amides is 4. The van der Waals surface area contributed by atoms with Crippen LogP contribution in [0.2, 0.25) is 0 Å². The second-order valence-electron chi connectivity index (χ2n) is 9.66. The molecular formula is C24H24N8O4. The first-order valence-electron chi connectivity index (χ1n) is 11.9. The number of H-pyrrole nitrogens is 1. The first-order valence-corrected chi connectivity index (χ1v) is 11.9. The second-order valence-corrected chi connectivity index (χ2v) is 9.66. The maximum Gasteiger partial charge on any atom is 0.276 e. The zero-order chi connectivity index (χ0) is 25.0. The number of benzene rings is 1. The van der Waals surface area contributed by atoms with Gasteiger partial charge in [-0.2, -0.15) is 5.10 Å². The van der Waals surface area contributed by atoms with Crippen LogP contribution in [0.1, 0.15) is 57.4 Å². The Morgan fingerprint density at radius 2 is 2.00 bits per heavy atom. The summed E-state index contributed by atoms with van der Waals surface area (Å²) in [5.41, 5.74) is 4.20. The maximum atomic E-state index is 13.2. The molecule has 0 saturated carbocycles. The minimum atomic E-state index is -0.673. The Morgan fingerprint density at radius 3 is 2.83 bits per heavy atom. The van der Waals surface area contributed by atoms with Crippen molar-refractivity contribution in [1.82, 2.24) is 40.3 Å². The molecule has 3 aliphatic rings. The summed E-state index contributed by atoms with van der Waals surface area (Å²) < 4.78 is 1.51. The van der Waals surface area contributed by atoms with E-state index >= 15 is 0 Å². The van der Waals surface area contributed by atoms with Crippen LogP contribution in [-0.4, -0.2) is 71.2 Å². The molecule has 1 aromatic carbocycles. The predicted molar refractivity (Wildman–Crippen MR) is 124 cm³/mol. The summed E-state index contributed by atoms with van der Waals surface area (Å²) >= 11 is 0. The highest BCUT2D eigenvalue weighted by molar-refractivity contribution is 6.05. The van der Waals surface area contributed by atoms with E-state index in [4.69, 9.17) is 0 Å². The van der Waals surface area contributed by atoms with Crippen molar-refractivity contribution in [3.05, 3.63) is 58.7 Å². The minimum Gasteiger partial charge on any atom is -0.332 e. The van der Waals surface area contributed by atoms with Crippen LogP contribution in [0.5, 0.6) is 0 Å². The SMILES string of the molecule is CC1Cc2[nH]ncc2CN(C(=O)c2cn(-c3ccc4c(c3)CN(C3CCC(=O)NC3=O)C4=O)nn2)C1. The first-order chi connectivity index (χ1) is 17.4. The summed E-state index contributed by atoms with van der Waals surface area (Å²) in [6.07, 6.45) is 4.69. The summed E-state index contributed by atoms with van der Waals surface area (Å²) in [4.78, 5) is 53.2.